The van der Waals surface area contributed by atoms with E-state index in [-0.39, 0.29) is 18.8 Å². The Balaban J connectivity index is 1.39. The monoisotopic (exact) mass is 399 g/mol. The number of hydrogen-bond acceptors (Lipinski definition) is 6. The van der Waals surface area contributed by atoms with Crippen molar-refractivity contribution < 1.29 is 23.0 Å². The summed E-state index contributed by atoms with van der Waals surface area (Å²) in [6.07, 6.45) is -2.43. The second-order valence-corrected chi connectivity index (χ2v) is 7.65. The fourth-order valence-electron chi connectivity index (χ4n) is 3.95. The van der Waals surface area contributed by atoms with Gasteiger partial charge in [-0.05, 0) is 30.4 Å². The molecule has 2 saturated heterocycles. The van der Waals surface area contributed by atoms with Gasteiger partial charge in [0.2, 0.25) is 0 Å². The van der Waals surface area contributed by atoms with Gasteiger partial charge in [0.25, 0.3) is 5.88 Å². The van der Waals surface area contributed by atoms with Crippen LogP contribution in [-0.2, 0) is 12.6 Å². The van der Waals surface area contributed by atoms with Crippen LogP contribution in [0.2, 0.25) is 0 Å². The summed E-state index contributed by atoms with van der Waals surface area (Å²) in [4.78, 5) is 2.22. The molecular formula is C18H20F3N3O2S. The van der Waals surface area contributed by atoms with E-state index in [1.54, 1.807) is 6.07 Å². The summed E-state index contributed by atoms with van der Waals surface area (Å²) in [5.41, 5.74) is 0.690. The van der Waals surface area contributed by atoms with E-state index >= 15 is 0 Å². The van der Waals surface area contributed by atoms with Crippen LogP contribution in [0.15, 0.2) is 24.3 Å². The molecule has 0 aliphatic carbocycles. The van der Waals surface area contributed by atoms with Crippen molar-refractivity contribution >= 4 is 11.7 Å². The summed E-state index contributed by atoms with van der Waals surface area (Å²) in [5.74, 6) is 0.787. The predicted octanol–water partition coefficient (Wildman–Crippen LogP) is 3.31. The third kappa shape index (κ3) is 3.95. The molecule has 4 rings (SSSR count). The smallest absolute Gasteiger partial charge is 0.416 e. The number of hydrogen-bond donors (Lipinski definition) is 1. The van der Waals surface area contributed by atoms with Gasteiger partial charge in [0.15, 0.2) is 0 Å². The van der Waals surface area contributed by atoms with Crippen LogP contribution in [0.3, 0.4) is 0 Å². The number of fused-ring (bicyclic) bond motifs is 2. The topological polar surface area (TPSA) is 58.5 Å². The van der Waals surface area contributed by atoms with Crippen LogP contribution in [0.25, 0.3) is 0 Å². The fourth-order valence-corrected chi connectivity index (χ4v) is 4.50. The molecule has 0 radical (unpaired) electrons. The van der Waals surface area contributed by atoms with Gasteiger partial charge in [-0.3, -0.25) is 4.90 Å². The van der Waals surface area contributed by atoms with E-state index in [1.807, 2.05) is 0 Å². The molecule has 1 aromatic carbocycles. The van der Waals surface area contributed by atoms with Gasteiger partial charge < -0.3 is 9.84 Å². The van der Waals surface area contributed by atoms with E-state index in [4.69, 9.17) is 4.74 Å². The molecule has 4 unspecified atom stereocenters. The molecule has 5 nitrogen and oxygen atoms in total. The Morgan fingerprint density at radius 2 is 2.07 bits per heavy atom. The Bertz CT molecular complexity index is 796. The molecule has 0 spiro atoms. The average molecular weight is 399 g/mol. The van der Waals surface area contributed by atoms with Crippen molar-refractivity contribution in [2.75, 3.05) is 19.7 Å². The molecule has 2 fully saturated rings. The first-order chi connectivity index (χ1) is 12.9. The number of aliphatic hydroxyl groups is 1. The lowest BCUT2D eigenvalue weighted by atomic mass is 9.93. The first-order valence-corrected chi connectivity index (χ1v) is 9.68. The summed E-state index contributed by atoms with van der Waals surface area (Å²) < 4.78 is 52.8. The number of rotatable bonds is 5. The molecule has 27 heavy (non-hydrogen) atoms. The molecule has 2 aliphatic heterocycles. The molecule has 3 heterocycles. The van der Waals surface area contributed by atoms with E-state index in [2.05, 4.69) is 13.6 Å². The van der Waals surface area contributed by atoms with Crippen LogP contribution >= 0.6 is 11.7 Å². The maximum atomic E-state index is 12.8. The van der Waals surface area contributed by atoms with Gasteiger partial charge in [-0.15, -0.1) is 4.37 Å². The zero-order valence-corrected chi connectivity index (χ0v) is 15.3. The zero-order valence-electron chi connectivity index (χ0n) is 14.5. The maximum Gasteiger partial charge on any atom is 0.416 e. The van der Waals surface area contributed by atoms with Crippen molar-refractivity contribution in [2.45, 2.75) is 37.6 Å². The van der Waals surface area contributed by atoms with Gasteiger partial charge in [-0.1, -0.05) is 18.2 Å². The number of piperidine rings is 1. The Hall–Kier alpha value is -1.71. The first kappa shape index (κ1) is 18.6. The van der Waals surface area contributed by atoms with Crippen molar-refractivity contribution in [1.82, 2.24) is 13.6 Å². The van der Waals surface area contributed by atoms with Crippen molar-refractivity contribution in [3.63, 3.8) is 0 Å². The summed E-state index contributed by atoms with van der Waals surface area (Å²) in [6, 6.07) is 5.36. The van der Waals surface area contributed by atoms with E-state index in [0.717, 1.165) is 48.9 Å². The van der Waals surface area contributed by atoms with Crippen LogP contribution in [0.1, 0.15) is 35.7 Å². The molecule has 2 aromatic rings. The average Bonchev–Trinajstić information content (AvgIpc) is 3.20. The van der Waals surface area contributed by atoms with E-state index < -0.39 is 11.7 Å². The van der Waals surface area contributed by atoms with Crippen LogP contribution < -0.4 is 4.74 Å². The SMILES string of the molecule is OC1CN2CC1CCC2c1nsnc1OCCc1cccc(C(F)(F)F)c1. The standard InChI is InChI=1S/C18H20F3N3O2S/c19-18(20,21)13-3-1-2-11(8-13)6-7-26-17-16(22-27-23-17)14-5-4-12-9-24(14)10-15(12)25/h1-3,8,12,14-15,25H,4-7,9-10H2. The quantitative estimate of drug-likeness (QED) is 0.836. The van der Waals surface area contributed by atoms with Gasteiger partial charge >= 0.3 is 6.18 Å². The Morgan fingerprint density at radius 3 is 2.89 bits per heavy atom. The summed E-state index contributed by atoms with van der Waals surface area (Å²) >= 11 is 1.08. The van der Waals surface area contributed by atoms with Crippen LogP contribution in [0.5, 0.6) is 5.88 Å². The lowest BCUT2D eigenvalue weighted by Crippen LogP contribution is -2.31. The fraction of sp³-hybridized carbons (Fsp3) is 0.556. The van der Waals surface area contributed by atoms with Crippen LogP contribution in [0.4, 0.5) is 13.2 Å². The number of ether oxygens (including phenoxy) is 1. The highest BCUT2D eigenvalue weighted by molar-refractivity contribution is 6.99. The number of benzene rings is 1. The Labute approximate surface area is 159 Å². The number of aliphatic hydroxyl groups excluding tert-OH is 1. The van der Waals surface area contributed by atoms with E-state index in [0.29, 0.717) is 30.3 Å². The Morgan fingerprint density at radius 1 is 1.22 bits per heavy atom. The molecule has 1 aromatic heterocycles. The first-order valence-electron chi connectivity index (χ1n) is 8.95. The molecule has 4 atom stereocenters. The van der Waals surface area contributed by atoms with Gasteiger partial charge in [-0.25, -0.2) is 0 Å². The highest BCUT2D eigenvalue weighted by Crippen LogP contribution is 2.41. The third-order valence-electron chi connectivity index (χ3n) is 5.37. The molecule has 2 bridgehead atoms. The Kier molecular flexibility index (Phi) is 5.09. The van der Waals surface area contributed by atoms with Crippen LogP contribution in [0, 0.1) is 5.92 Å². The molecule has 1 N–H and O–H groups in total. The van der Waals surface area contributed by atoms with Crippen molar-refractivity contribution in [1.29, 1.82) is 0 Å². The zero-order chi connectivity index (χ0) is 19.0. The van der Waals surface area contributed by atoms with Gasteiger partial charge in [0.05, 0.1) is 36.0 Å². The number of aromatic nitrogens is 2. The summed E-state index contributed by atoms with van der Waals surface area (Å²) in [7, 11) is 0. The van der Waals surface area contributed by atoms with Crippen molar-refractivity contribution in [2.24, 2.45) is 5.92 Å². The second kappa shape index (κ2) is 7.37. The number of halogens is 3. The minimum absolute atomic E-state index is 0.0840. The van der Waals surface area contributed by atoms with Crippen molar-refractivity contribution in [3.8, 4) is 5.88 Å². The lowest BCUT2D eigenvalue weighted by Gasteiger charge is -2.30. The van der Waals surface area contributed by atoms with E-state index in [9.17, 15) is 18.3 Å². The van der Waals surface area contributed by atoms with Gasteiger partial charge in [0.1, 0.15) is 5.69 Å². The predicted molar refractivity (Wildman–Crippen MR) is 93.6 cm³/mol. The van der Waals surface area contributed by atoms with E-state index in [1.165, 1.54) is 6.07 Å². The summed E-state index contributed by atoms with van der Waals surface area (Å²) in [5, 5.41) is 10.0. The molecular weight excluding hydrogens is 379 g/mol. The molecule has 2 aliphatic rings. The number of alkyl halides is 3. The maximum absolute atomic E-state index is 12.8. The molecule has 9 heteroatoms. The van der Waals surface area contributed by atoms with Crippen molar-refractivity contribution in [3.05, 3.63) is 41.1 Å². The normalized spacial score (nSPS) is 27.7. The largest absolute Gasteiger partial charge is 0.475 e. The minimum Gasteiger partial charge on any atom is -0.475 e. The van der Waals surface area contributed by atoms with Gasteiger partial charge in [-0.2, -0.15) is 17.5 Å². The highest BCUT2D eigenvalue weighted by Gasteiger charge is 2.42. The molecule has 0 saturated carbocycles. The molecule has 0 amide bonds. The van der Waals surface area contributed by atoms with Crippen LogP contribution in [-0.4, -0.2) is 44.6 Å². The second-order valence-electron chi connectivity index (χ2n) is 7.13. The summed E-state index contributed by atoms with van der Waals surface area (Å²) in [6.45, 7) is 1.72. The lowest BCUT2D eigenvalue weighted by molar-refractivity contribution is -0.137. The highest BCUT2D eigenvalue weighted by atomic mass is 32.1. The minimum atomic E-state index is -4.35. The van der Waals surface area contributed by atoms with Gasteiger partial charge in [0, 0.05) is 19.5 Å². The third-order valence-corrected chi connectivity index (χ3v) is 5.89. The number of nitrogens with zero attached hydrogens (tertiary/aromatic N) is 3. The molecule has 146 valence electrons.